The van der Waals surface area contributed by atoms with Crippen LogP contribution in [-0.4, -0.2) is 26.2 Å². The molecule has 1 amide bonds. The van der Waals surface area contributed by atoms with Crippen LogP contribution in [0.4, 0.5) is 0 Å². The number of carbonyl (C=O) groups excluding carboxylic acids is 1. The van der Waals surface area contributed by atoms with Gasteiger partial charge in [-0.25, -0.2) is 0 Å². The first-order valence-corrected chi connectivity index (χ1v) is 10.5. The van der Waals surface area contributed by atoms with Crippen LogP contribution in [0.15, 0.2) is 42.5 Å². The lowest BCUT2D eigenvalue weighted by molar-refractivity contribution is -0.131. The van der Waals surface area contributed by atoms with Crippen molar-refractivity contribution in [2.24, 2.45) is 0 Å². The third kappa shape index (κ3) is 4.32. The van der Waals surface area contributed by atoms with Gasteiger partial charge < -0.3 is 14.8 Å². The molecule has 0 bridgehead atoms. The molecule has 1 fully saturated rings. The zero-order valence-corrected chi connectivity index (χ0v) is 18.2. The fourth-order valence-electron chi connectivity index (χ4n) is 4.35. The van der Waals surface area contributed by atoms with Crippen molar-refractivity contribution in [3.63, 3.8) is 0 Å². The number of amides is 1. The van der Waals surface area contributed by atoms with Crippen molar-refractivity contribution in [3.8, 4) is 5.75 Å². The second kappa shape index (κ2) is 9.00. The van der Waals surface area contributed by atoms with E-state index in [1.165, 1.54) is 0 Å². The predicted molar refractivity (Wildman–Crippen MR) is 117 cm³/mol. The molecule has 2 aromatic carbocycles. The number of methoxy groups -OCH3 is 1. The van der Waals surface area contributed by atoms with Gasteiger partial charge >= 0.3 is 0 Å². The fourth-order valence-corrected chi connectivity index (χ4v) is 4.35. The summed E-state index contributed by atoms with van der Waals surface area (Å²) in [5, 5.41) is 3.31. The van der Waals surface area contributed by atoms with Crippen LogP contribution < -0.4 is 10.1 Å². The van der Waals surface area contributed by atoms with E-state index >= 15 is 0 Å². The minimum Gasteiger partial charge on any atom is -0.496 e. The molecule has 156 valence electrons. The molecule has 0 unspecified atom stereocenters. The number of rotatable bonds is 6. The maximum atomic E-state index is 13.6. The molecule has 1 atom stereocenters. The highest BCUT2D eigenvalue weighted by Crippen LogP contribution is 2.37. The monoisotopic (exact) mass is 395 g/mol. The minimum absolute atomic E-state index is 0.0841. The molecule has 3 rings (SSSR count). The number of aryl methyl sites for hydroxylation is 1. The molecule has 2 aromatic rings. The molecule has 1 saturated heterocycles. The molecule has 1 aliphatic heterocycles. The summed E-state index contributed by atoms with van der Waals surface area (Å²) >= 11 is 0. The maximum absolute atomic E-state index is 13.6. The van der Waals surface area contributed by atoms with Crippen LogP contribution in [0.3, 0.4) is 0 Å². The van der Waals surface area contributed by atoms with Crippen molar-refractivity contribution in [2.45, 2.75) is 57.9 Å². The SMILES string of the molecule is COc1cc(C)c([C@@H](C)NC(=O)C2(c3ccccc3)CCOCC2)cc1C(C)C. The molecule has 0 aromatic heterocycles. The van der Waals surface area contributed by atoms with E-state index in [2.05, 4.69) is 57.3 Å². The Balaban J connectivity index is 1.90. The Kier molecular flexibility index (Phi) is 6.63. The highest BCUT2D eigenvalue weighted by Gasteiger charge is 2.42. The Morgan fingerprint density at radius 2 is 1.72 bits per heavy atom. The van der Waals surface area contributed by atoms with Crippen LogP contribution in [0.5, 0.6) is 5.75 Å². The van der Waals surface area contributed by atoms with Crippen LogP contribution in [-0.2, 0) is 14.9 Å². The highest BCUT2D eigenvalue weighted by atomic mass is 16.5. The lowest BCUT2D eigenvalue weighted by atomic mass is 9.73. The Morgan fingerprint density at radius 3 is 2.31 bits per heavy atom. The van der Waals surface area contributed by atoms with E-state index in [4.69, 9.17) is 9.47 Å². The molecule has 0 saturated carbocycles. The first-order chi connectivity index (χ1) is 13.9. The second-order valence-electron chi connectivity index (χ2n) is 8.36. The molecule has 1 aliphatic rings. The summed E-state index contributed by atoms with van der Waals surface area (Å²) in [6, 6.07) is 14.3. The van der Waals surface area contributed by atoms with Crippen molar-refractivity contribution < 1.29 is 14.3 Å². The summed E-state index contributed by atoms with van der Waals surface area (Å²) in [6.45, 7) is 9.67. The zero-order chi connectivity index (χ0) is 21.0. The van der Waals surface area contributed by atoms with Crippen molar-refractivity contribution in [1.29, 1.82) is 0 Å². The number of hydrogen-bond acceptors (Lipinski definition) is 3. The van der Waals surface area contributed by atoms with Gasteiger partial charge in [-0.05, 0) is 67.0 Å². The topological polar surface area (TPSA) is 47.6 Å². The van der Waals surface area contributed by atoms with Crippen molar-refractivity contribution in [2.75, 3.05) is 20.3 Å². The third-order valence-corrected chi connectivity index (χ3v) is 6.16. The van der Waals surface area contributed by atoms with Gasteiger partial charge in [0.05, 0.1) is 18.6 Å². The highest BCUT2D eigenvalue weighted by molar-refractivity contribution is 5.88. The van der Waals surface area contributed by atoms with Crippen LogP contribution in [0.25, 0.3) is 0 Å². The van der Waals surface area contributed by atoms with Crippen LogP contribution >= 0.6 is 0 Å². The van der Waals surface area contributed by atoms with Crippen molar-refractivity contribution >= 4 is 5.91 Å². The molecular weight excluding hydrogens is 362 g/mol. The second-order valence-corrected chi connectivity index (χ2v) is 8.36. The number of hydrogen-bond donors (Lipinski definition) is 1. The molecule has 1 N–H and O–H groups in total. The third-order valence-electron chi connectivity index (χ3n) is 6.16. The summed E-state index contributed by atoms with van der Waals surface area (Å²) in [4.78, 5) is 13.6. The Bertz CT molecular complexity index is 839. The van der Waals surface area contributed by atoms with Gasteiger partial charge in [0, 0.05) is 13.2 Å². The number of nitrogens with one attached hydrogen (secondary N) is 1. The van der Waals surface area contributed by atoms with E-state index in [1.54, 1.807) is 7.11 Å². The van der Waals surface area contributed by atoms with E-state index in [1.807, 2.05) is 18.2 Å². The van der Waals surface area contributed by atoms with Gasteiger partial charge in [-0.1, -0.05) is 44.2 Å². The van der Waals surface area contributed by atoms with Gasteiger partial charge in [-0.2, -0.15) is 0 Å². The maximum Gasteiger partial charge on any atom is 0.231 e. The van der Waals surface area contributed by atoms with E-state index in [0.717, 1.165) is 28.0 Å². The van der Waals surface area contributed by atoms with E-state index in [0.29, 0.717) is 32.0 Å². The van der Waals surface area contributed by atoms with Gasteiger partial charge in [0.1, 0.15) is 5.75 Å². The average Bonchev–Trinajstić information content (AvgIpc) is 2.74. The van der Waals surface area contributed by atoms with E-state index in [-0.39, 0.29) is 11.9 Å². The summed E-state index contributed by atoms with van der Waals surface area (Å²) < 4.78 is 11.1. The first-order valence-electron chi connectivity index (χ1n) is 10.5. The lowest BCUT2D eigenvalue weighted by Gasteiger charge is -2.37. The largest absolute Gasteiger partial charge is 0.496 e. The Hall–Kier alpha value is -2.33. The number of benzene rings is 2. The first kappa shape index (κ1) is 21.4. The van der Waals surface area contributed by atoms with E-state index in [9.17, 15) is 4.79 Å². The molecular formula is C25H33NO3. The molecule has 0 aliphatic carbocycles. The zero-order valence-electron chi connectivity index (χ0n) is 18.2. The summed E-state index contributed by atoms with van der Waals surface area (Å²) in [6.07, 6.45) is 1.41. The van der Waals surface area contributed by atoms with Gasteiger partial charge in [-0.15, -0.1) is 0 Å². The predicted octanol–water partition coefficient (Wildman–Crippen LogP) is 5.05. The van der Waals surface area contributed by atoms with Crippen molar-refractivity contribution in [3.05, 3.63) is 64.7 Å². The number of ether oxygens (including phenoxy) is 2. The molecule has 0 spiro atoms. The van der Waals surface area contributed by atoms with Crippen LogP contribution in [0, 0.1) is 6.92 Å². The van der Waals surface area contributed by atoms with Crippen molar-refractivity contribution in [1.82, 2.24) is 5.32 Å². The molecule has 4 heteroatoms. The van der Waals surface area contributed by atoms with Gasteiger partial charge in [0.15, 0.2) is 0 Å². The number of carbonyl (C=O) groups is 1. The quantitative estimate of drug-likeness (QED) is 0.744. The normalized spacial score (nSPS) is 17.0. The van der Waals surface area contributed by atoms with Gasteiger partial charge in [0.25, 0.3) is 0 Å². The Labute approximate surface area is 174 Å². The van der Waals surface area contributed by atoms with Crippen LogP contribution in [0.1, 0.15) is 67.8 Å². The average molecular weight is 396 g/mol. The van der Waals surface area contributed by atoms with Gasteiger partial charge in [0.2, 0.25) is 5.91 Å². The van der Waals surface area contributed by atoms with E-state index < -0.39 is 5.41 Å². The molecule has 1 heterocycles. The smallest absolute Gasteiger partial charge is 0.231 e. The lowest BCUT2D eigenvalue weighted by Crippen LogP contribution is -2.48. The standard InChI is InChI=1S/C25H33NO3/c1-17(2)21-16-22(18(3)15-23(21)28-5)19(4)26-24(27)25(11-13-29-14-12-25)20-9-7-6-8-10-20/h6-10,15-17,19H,11-14H2,1-5H3,(H,26,27)/t19-/m1/s1. The Morgan fingerprint density at radius 1 is 1.07 bits per heavy atom. The summed E-state index contributed by atoms with van der Waals surface area (Å²) in [7, 11) is 1.71. The molecule has 4 nitrogen and oxygen atoms in total. The van der Waals surface area contributed by atoms with Gasteiger partial charge in [-0.3, -0.25) is 4.79 Å². The molecule has 29 heavy (non-hydrogen) atoms. The fraction of sp³-hybridized carbons (Fsp3) is 0.480. The molecule has 0 radical (unpaired) electrons. The summed E-state index contributed by atoms with van der Waals surface area (Å²) in [5.41, 5.74) is 3.97. The minimum atomic E-state index is -0.533. The summed E-state index contributed by atoms with van der Waals surface area (Å²) in [5.74, 6) is 1.34. The van der Waals surface area contributed by atoms with Crippen LogP contribution in [0.2, 0.25) is 0 Å².